The molecule has 0 aromatic heterocycles. The SMILES string of the molecule is CC/C=C\C/C=C\C/C=C\C/C=C\C/C=C\C/C=C\CCC(=O)OCC(COCCCCCCCCCC/C=C\CCCCCCCC)OC(=O)CCCCCCCCCCCCC. The van der Waals surface area contributed by atoms with Crippen LogP contribution in [0.4, 0.5) is 0 Å². The number of carbonyl (C=O) groups excluding carboxylic acids is 2. The number of hydrogen-bond acceptors (Lipinski definition) is 5. The lowest BCUT2D eigenvalue weighted by Gasteiger charge is -2.18. The monoisotopic (exact) mass is 891 g/mol. The van der Waals surface area contributed by atoms with Crippen molar-refractivity contribution in [3.05, 3.63) is 85.1 Å². The van der Waals surface area contributed by atoms with Gasteiger partial charge in [0.05, 0.1) is 6.61 Å². The molecule has 0 aromatic rings. The maximum Gasteiger partial charge on any atom is 0.306 e. The zero-order valence-electron chi connectivity index (χ0n) is 42.3. The second kappa shape index (κ2) is 54.4. The van der Waals surface area contributed by atoms with Crippen LogP contribution < -0.4 is 0 Å². The highest BCUT2D eigenvalue weighted by Gasteiger charge is 2.17. The third-order valence-electron chi connectivity index (χ3n) is 11.4. The van der Waals surface area contributed by atoms with Crippen LogP contribution in [0.25, 0.3) is 0 Å². The van der Waals surface area contributed by atoms with Crippen LogP contribution in [0.1, 0.15) is 252 Å². The topological polar surface area (TPSA) is 61.8 Å². The number of carbonyl (C=O) groups is 2. The van der Waals surface area contributed by atoms with Gasteiger partial charge in [0.2, 0.25) is 0 Å². The summed E-state index contributed by atoms with van der Waals surface area (Å²) in [6, 6.07) is 0. The van der Waals surface area contributed by atoms with Crippen molar-refractivity contribution in [2.45, 2.75) is 258 Å². The Morgan fingerprint density at radius 3 is 1.19 bits per heavy atom. The molecule has 0 aliphatic heterocycles. The van der Waals surface area contributed by atoms with E-state index in [1.54, 1.807) is 0 Å². The molecule has 1 unspecified atom stereocenters. The second-order valence-corrected chi connectivity index (χ2v) is 17.8. The Kier molecular flexibility index (Phi) is 51.9. The van der Waals surface area contributed by atoms with Crippen LogP contribution in [-0.4, -0.2) is 37.9 Å². The summed E-state index contributed by atoms with van der Waals surface area (Å²) in [5, 5.41) is 0. The first kappa shape index (κ1) is 61.1. The molecule has 0 heterocycles. The maximum absolute atomic E-state index is 12.8. The van der Waals surface area contributed by atoms with E-state index < -0.39 is 6.10 Å². The Labute approximate surface area is 397 Å². The van der Waals surface area contributed by atoms with Gasteiger partial charge in [0.15, 0.2) is 6.10 Å². The van der Waals surface area contributed by atoms with Gasteiger partial charge in [-0.3, -0.25) is 9.59 Å². The lowest BCUT2D eigenvalue weighted by Crippen LogP contribution is -2.30. The van der Waals surface area contributed by atoms with Gasteiger partial charge >= 0.3 is 11.9 Å². The van der Waals surface area contributed by atoms with Gasteiger partial charge in [-0.1, -0.05) is 241 Å². The Balaban J connectivity index is 4.34. The van der Waals surface area contributed by atoms with Crippen molar-refractivity contribution in [2.75, 3.05) is 19.8 Å². The predicted molar refractivity (Wildman–Crippen MR) is 279 cm³/mol. The van der Waals surface area contributed by atoms with E-state index in [-0.39, 0.29) is 25.2 Å². The lowest BCUT2D eigenvalue weighted by molar-refractivity contribution is -0.162. The number of ether oxygens (including phenoxy) is 3. The van der Waals surface area contributed by atoms with E-state index in [0.717, 1.165) is 64.2 Å². The maximum atomic E-state index is 12.8. The molecule has 1 atom stereocenters. The summed E-state index contributed by atoms with van der Waals surface area (Å²) < 4.78 is 17.3. The zero-order chi connectivity index (χ0) is 46.3. The van der Waals surface area contributed by atoms with E-state index in [0.29, 0.717) is 25.9 Å². The van der Waals surface area contributed by atoms with Crippen molar-refractivity contribution in [3.63, 3.8) is 0 Å². The molecule has 5 nitrogen and oxygen atoms in total. The Morgan fingerprint density at radius 2 is 0.734 bits per heavy atom. The summed E-state index contributed by atoms with van der Waals surface area (Å²) >= 11 is 0. The Hall–Kier alpha value is -2.92. The molecule has 0 aliphatic carbocycles. The van der Waals surface area contributed by atoms with Crippen molar-refractivity contribution in [2.24, 2.45) is 0 Å². The molecule has 0 spiro atoms. The Bertz CT molecular complexity index is 1190. The first-order chi connectivity index (χ1) is 31.6. The molecule has 368 valence electrons. The minimum atomic E-state index is -0.569. The molecule has 0 bridgehead atoms. The van der Waals surface area contributed by atoms with E-state index >= 15 is 0 Å². The highest BCUT2D eigenvalue weighted by atomic mass is 16.6. The fraction of sp³-hybridized carbons (Fsp3) is 0.729. The first-order valence-electron chi connectivity index (χ1n) is 27.1. The highest BCUT2D eigenvalue weighted by molar-refractivity contribution is 5.70. The van der Waals surface area contributed by atoms with E-state index in [1.807, 2.05) is 6.08 Å². The van der Waals surface area contributed by atoms with E-state index in [1.165, 1.54) is 148 Å². The van der Waals surface area contributed by atoms with E-state index in [9.17, 15) is 9.59 Å². The Morgan fingerprint density at radius 1 is 0.359 bits per heavy atom. The van der Waals surface area contributed by atoms with Crippen LogP contribution in [0.3, 0.4) is 0 Å². The molecule has 0 N–H and O–H groups in total. The van der Waals surface area contributed by atoms with Crippen molar-refractivity contribution in [3.8, 4) is 0 Å². The summed E-state index contributed by atoms with van der Waals surface area (Å²) in [4.78, 5) is 25.4. The second-order valence-electron chi connectivity index (χ2n) is 17.8. The van der Waals surface area contributed by atoms with Crippen LogP contribution >= 0.6 is 0 Å². The van der Waals surface area contributed by atoms with Crippen molar-refractivity contribution in [1.82, 2.24) is 0 Å². The molecule has 0 amide bonds. The summed E-state index contributed by atoms with van der Waals surface area (Å²) in [7, 11) is 0. The average Bonchev–Trinajstić information content (AvgIpc) is 3.30. The molecule has 0 saturated heterocycles. The van der Waals surface area contributed by atoms with Crippen molar-refractivity contribution in [1.29, 1.82) is 0 Å². The summed E-state index contributed by atoms with van der Waals surface area (Å²) in [6.45, 7) is 7.63. The molecule has 0 saturated carbocycles. The van der Waals surface area contributed by atoms with Gasteiger partial charge in [-0.05, 0) is 83.5 Å². The average molecular weight is 891 g/mol. The van der Waals surface area contributed by atoms with Gasteiger partial charge in [0, 0.05) is 19.4 Å². The summed E-state index contributed by atoms with van der Waals surface area (Å²) in [5.74, 6) is -0.492. The largest absolute Gasteiger partial charge is 0.462 e. The molecular formula is C59H102O5. The normalized spacial score (nSPS) is 12.9. The molecule has 0 aromatic carbocycles. The minimum absolute atomic E-state index is 0.0432. The van der Waals surface area contributed by atoms with Gasteiger partial charge in [-0.2, -0.15) is 0 Å². The van der Waals surface area contributed by atoms with Crippen molar-refractivity contribution < 1.29 is 23.8 Å². The number of hydrogen-bond donors (Lipinski definition) is 0. The molecular weight excluding hydrogens is 789 g/mol. The lowest BCUT2D eigenvalue weighted by atomic mass is 10.1. The third-order valence-corrected chi connectivity index (χ3v) is 11.4. The fourth-order valence-electron chi connectivity index (χ4n) is 7.41. The molecule has 0 aliphatic rings. The molecule has 5 heteroatoms. The van der Waals surface area contributed by atoms with E-state index in [4.69, 9.17) is 14.2 Å². The van der Waals surface area contributed by atoms with Gasteiger partial charge in [0.1, 0.15) is 6.61 Å². The van der Waals surface area contributed by atoms with Gasteiger partial charge in [-0.15, -0.1) is 0 Å². The number of rotatable bonds is 49. The molecule has 0 fully saturated rings. The third kappa shape index (κ3) is 51.7. The number of esters is 2. The van der Waals surface area contributed by atoms with Gasteiger partial charge in [0.25, 0.3) is 0 Å². The van der Waals surface area contributed by atoms with Crippen LogP contribution in [-0.2, 0) is 23.8 Å². The molecule has 0 radical (unpaired) electrons. The predicted octanol–water partition coefficient (Wildman–Crippen LogP) is 18.5. The van der Waals surface area contributed by atoms with Crippen LogP contribution in [0, 0.1) is 0 Å². The number of unbranched alkanes of at least 4 members (excludes halogenated alkanes) is 24. The minimum Gasteiger partial charge on any atom is -0.462 e. The van der Waals surface area contributed by atoms with Gasteiger partial charge in [-0.25, -0.2) is 0 Å². The summed E-state index contributed by atoms with van der Waals surface area (Å²) in [5.41, 5.74) is 0. The zero-order valence-corrected chi connectivity index (χ0v) is 42.3. The molecule has 64 heavy (non-hydrogen) atoms. The first-order valence-corrected chi connectivity index (χ1v) is 27.1. The van der Waals surface area contributed by atoms with Crippen LogP contribution in [0.2, 0.25) is 0 Å². The van der Waals surface area contributed by atoms with Crippen LogP contribution in [0.15, 0.2) is 85.1 Å². The van der Waals surface area contributed by atoms with Gasteiger partial charge < -0.3 is 14.2 Å². The van der Waals surface area contributed by atoms with Crippen molar-refractivity contribution >= 4 is 11.9 Å². The summed E-state index contributed by atoms with van der Waals surface area (Å²) in [6.07, 6.45) is 71.8. The molecule has 0 rings (SSSR count). The standard InChI is InChI=1S/C59H102O5/c1-4-7-10-13-16-19-22-24-26-28-30-31-33-35-38-40-43-46-49-52-58(60)63-56-57(64-59(61)53-50-47-44-41-37-21-18-15-12-9-6-3)55-62-54-51-48-45-42-39-36-34-32-29-27-25-23-20-17-14-11-8-5-2/h7,10,16,19,24-27,30-31,35,38,43,46,57H,4-6,8-9,11-15,17-18,20-23,28-29,32-34,36-37,39-42,44-45,47-56H2,1-3H3/b10-7-,19-16-,26-24-,27-25-,31-30-,38-35-,46-43-. The highest BCUT2D eigenvalue weighted by Crippen LogP contribution is 2.14. The smallest absolute Gasteiger partial charge is 0.306 e. The van der Waals surface area contributed by atoms with E-state index in [2.05, 4.69) is 99.8 Å². The number of allylic oxidation sites excluding steroid dienone is 14. The quantitative estimate of drug-likeness (QED) is 0.0346. The van der Waals surface area contributed by atoms with Crippen LogP contribution in [0.5, 0.6) is 0 Å². The fourth-order valence-corrected chi connectivity index (χ4v) is 7.41.